The molecular formula is C15H17N3O3S. The Morgan fingerprint density at radius 3 is 2.55 bits per heavy atom. The van der Waals surface area contributed by atoms with E-state index in [2.05, 4.69) is 5.16 Å². The molecule has 0 saturated heterocycles. The maximum absolute atomic E-state index is 12.5. The van der Waals surface area contributed by atoms with Crippen molar-refractivity contribution in [1.82, 2.24) is 9.46 Å². The molecule has 0 N–H and O–H groups in total. The number of hydrogen-bond acceptors (Lipinski definition) is 5. The predicted octanol–water partition coefficient (Wildman–Crippen LogP) is 2.29. The summed E-state index contributed by atoms with van der Waals surface area (Å²) in [6, 6.07) is 10.5. The third kappa shape index (κ3) is 4.16. The molecule has 6 nitrogen and oxygen atoms in total. The zero-order valence-electron chi connectivity index (χ0n) is 12.3. The number of hydrogen-bond donors (Lipinski definition) is 0. The van der Waals surface area contributed by atoms with Crippen molar-refractivity contribution in [2.75, 3.05) is 6.54 Å². The number of nitrogens with zero attached hydrogens (tertiary/aromatic N) is 3. The molecule has 0 radical (unpaired) electrons. The molecule has 0 aliphatic rings. The van der Waals surface area contributed by atoms with E-state index in [4.69, 9.17) is 9.78 Å². The van der Waals surface area contributed by atoms with Gasteiger partial charge in [-0.3, -0.25) is 0 Å². The lowest BCUT2D eigenvalue weighted by Gasteiger charge is -2.21. The van der Waals surface area contributed by atoms with Crippen molar-refractivity contribution in [3.05, 3.63) is 53.4 Å². The first-order valence-corrected chi connectivity index (χ1v) is 8.52. The molecule has 7 heteroatoms. The molecule has 2 rings (SSSR count). The molecule has 0 saturated carbocycles. The van der Waals surface area contributed by atoms with Crippen molar-refractivity contribution in [3.63, 3.8) is 0 Å². The molecule has 0 amide bonds. The van der Waals surface area contributed by atoms with Crippen LogP contribution in [0.25, 0.3) is 0 Å². The van der Waals surface area contributed by atoms with Crippen LogP contribution in [0.3, 0.4) is 0 Å². The van der Waals surface area contributed by atoms with Gasteiger partial charge in [-0.1, -0.05) is 24.2 Å². The second-order valence-corrected chi connectivity index (χ2v) is 6.85. The van der Waals surface area contributed by atoms with Gasteiger partial charge in [-0.15, -0.1) is 0 Å². The van der Waals surface area contributed by atoms with Crippen molar-refractivity contribution in [2.45, 2.75) is 25.6 Å². The lowest BCUT2D eigenvalue weighted by Crippen LogP contribution is -2.32. The van der Waals surface area contributed by atoms with Gasteiger partial charge in [-0.25, -0.2) is 8.42 Å². The molecule has 0 aliphatic carbocycles. The average Bonchev–Trinajstić information content (AvgIpc) is 2.99. The molecule has 0 bridgehead atoms. The molecule has 0 spiro atoms. The van der Waals surface area contributed by atoms with Crippen molar-refractivity contribution in [3.8, 4) is 6.07 Å². The lowest BCUT2D eigenvalue weighted by molar-refractivity contribution is 0.378. The average molecular weight is 319 g/mol. The summed E-state index contributed by atoms with van der Waals surface area (Å²) >= 11 is 0. The van der Waals surface area contributed by atoms with Gasteiger partial charge in [-0.05, 0) is 24.1 Å². The molecule has 1 aromatic heterocycles. The van der Waals surface area contributed by atoms with E-state index in [1.165, 1.54) is 10.5 Å². The Morgan fingerprint density at radius 2 is 2.00 bits per heavy atom. The quantitative estimate of drug-likeness (QED) is 0.781. The van der Waals surface area contributed by atoms with Gasteiger partial charge in [0.15, 0.2) is 5.76 Å². The van der Waals surface area contributed by atoms with Gasteiger partial charge >= 0.3 is 0 Å². The van der Waals surface area contributed by atoms with Crippen molar-refractivity contribution in [2.24, 2.45) is 0 Å². The molecule has 116 valence electrons. The summed E-state index contributed by atoms with van der Waals surface area (Å²) in [6.45, 7) is 2.63. The second kappa shape index (κ2) is 7.20. The van der Waals surface area contributed by atoms with Gasteiger partial charge in [0.1, 0.15) is 5.75 Å². The number of rotatable bonds is 7. The molecule has 1 heterocycles. The first-order valence-electron chi connectivity index (χ1n) is 6.91. The molecule has 0 fully saturated rings. The van der Waals surface area contributed by atoms with Crippen LogP contribution < -0.4 is 0 Å². The number of sulfonamides is 1. The fraction of sp³-hybridized carbons (Fsp3) is 0.333. The molecule has 0 aliphatic heterocycles. The Hall–Kier alpha value is -2.17. The van der Waals surface area contributed by atoms with Gasteiger partial charge in [-0.2, -0.15) is 9.57 Å². The Labute approximate surface area is 130 Å². The van der Waals surface area contributed by atoms with E-state index in [9.17, 15) is 8.42 Å². The third-order valence-corrected chi connectivity index (χ3v) is 4.87. The van der Waals surface area contributed by atoms with E-state index < -0.39 is 10.0 Å². The molecule has 1 aromatic carbocycles. The summed E-state index contributed by atoms with van der Waals surface area (Å²) in [7, 11) is -3.49. The summed E-state index contributed by atoms with van der Waals surface area (Å²) in [5.74, 6) is 0.115. The molecule has 2 aromatic rings. The first-order chi connectivity index (χ1) is 10.5. The van der Waals surface area contributed by atoms with Gasteiger partial charge in [0.2, 0.25) is 10.0 Å². The SMILES string of the molecule is CCCN(Cc1ccc(C#N)cc1)S(=O)(=O)Cc1ccno1. The smallest absolute Gasteiger partial charge is 0.221 e. The highest BCUT2D eigenvalue weighted by Crippen LogP contribution is 2.15. The van der Waals surface area contributed by atoms with E-state index in [0.717, 1.165) is 5.56 Å². The minimum atomic E-state index is -3.49. The van der Waals surface area contributed by atoms with Gasteiger partial charge in [0, 0.05) is 19.2 Å². The van der Waals surface area contributed by atoms with Crippen LogP contribution >= 0.6 is 0 Å². The van der Waals surface area contributed by atoms with Crippen LogP contribution in [0.4, 0.5) is 0 Å². The van der Waals surface area contributed by atoms with E-state index in [-0.39, 0.29) is 12.3 Å². The summed E-state index contributed by atoms with van der Waals surface area (Å²) in [6.07, 6.45) is 2.14. The molecule has 0 unspecified atom stereocenters. The Balaban J connectivity index is 2.16. The zero-order chi connectivity index (χ0) is 16.0. The van der Waals surface area contributed by atoms with Crippen LogP contribution in [0.1, 0.15) is 30.2 Å². The standard InChI is InChI=1S/C15H17N3O3S/c1-2-9-18(11-14-5-3-13(10-16)4-6-14)22(19,20)12-15-7-8-17-21-15/h3-8H,2,9,11-12H2,1H3. The first kappa shape index (κ1) is 16.2. The summed E-state index contributed by atoms with van der Waals surface area (Å²) in [5, 5.41) is 12.3. The van der Waals surface area contributed by atoms with Gasteiger partial charge in [0.05, 0.1) is 17.8 Å². The van der Waals surface area contributed by atoms with Crippen molar-refractivity contribution >= 4 is 10.0 Å². The van der Waals surface area contributed by atoms with Gasteiger partial charge in [0.25, 0.3) is 0 Å². The Kier molecular flexibility index (Phi) is 5.31. The van der Waals surface area contributed by atoms with Crippen LogP contribution in [0, 0.1) is 11.3 Å². The molecule has 0 atom stereocenters. The molecular weight excluding hydrogens is 302 g/mol. The predicted molar refractivity (Wildman–Crippen MR) is 81.0 cm³/mol. The maximum atomic E-state index is 12.5. The fourth-order valence-corrected chi connectivity index (χ4v) is 3.54. The van der Waals surface area contributed by atoms with E-state index >= 15 is 0 Å². The van der Waals surface area contributed by atoms with E-state index in [0.29, 0.717) is 24.3 Å². The Bertz CT molecular complexity index is 731. The third-order valence-electron chi connectivity index (χ3n) is 3.12. The topological polar surface area (TPSA) is 87.2 Å². The minimum absolute atomic E-state index is 0.205. The highest BCUT2D eigenvalue weighted by atomic mass is 32.2. The van der Waals surface area contributed by atoms with E-state index in [1.807, 2.05) is 13.0 Å². The summed E-state index contributed by atoms with van der Waals surface area (Å²) in [5.41, 5.74) is 1.39. The Morgan fingerprint density at radius 1 is 1.27 bits per heavy atom. The maximum Gasteiger partial charge on any atom is 0.221 e. The second-order valence-electron chi connectivity index (χ2n) is 4.88. The lowest BCUT2D eigenvalue weighted by atomic mass is 10.1. The summed E-state index contributed by atoms with van der Waals surface area (Å²) in [4.78, 5) is 0. The monoisotopic (exact) mass is 319 g/mol. The molecule has 22 heavy (non-hydrogen) atoms. The van der Waals surface area contributed by atoms with Crippen LogP contribution in [0.5, 0.6) is 0 Å². The van der Waals surface area contributed by atoms with Gasteiger partial charge < -0.3 is 4.52 Å². The highest BCUT2D eigenvalue weighted by Gasteiger charge is 2.23. The number of aromatic nitrogens is 1. The largest absolute Gasteiger partial charge is 0.360 e. The van der Waals surface area contributed by atoms with Crippen LogP contribution in [0.15, 0.2) is 41.1 Å². The van der Waals surface area contributed by atoms with Crippen LogP contribution in [0.2, 0.25) is 0 Å². The van der Waals surface area contributed by atoms with Crippen molar-refractivity contribution < 1.29 is 12.9 Å². The number of nitriles is 1. The minimum Gasteiger partial charge on any atom is -0.360 e. The van der Waals surface area contributed by atoms with Crippen LogP contribution in [-0.4, -0.2) is 24.4 Å². The van der Waals surface area contributed by atoms with Crippen LogP contribution in [-0.2, 0) is 22.3 Å². The van der Waals surface area contributed by atoms with E-state index in [1.54, 1.807) is 30.3 Å². The zero-order valence-corrected chi connectivity index (χ0v) is 13.1. The normalized spacial score (nSPS) is 11.5. The summed E-state index contributed by atoms with van der Waals surface area (Å²) < 4.78 is 31.3. The fourth-order valence-electron chi connectivity index (χ4n) is 2.04. The highest BCUT2D eigenvalue weighted by molar-refractivity contribution is 7.88. The number of benzene rings is 1. The van der Waals surface area contributed by atoms with Crippen molar-refractivity contribution in [1.29, 1.82) is 5.26 Å².